The van der Waals surface area contributed by atoms with E-state index in [1.165, 1.54) is 18.5 Å². The van der Waals surface area contributed by atoms with Gasteiger partial charge in [0.2, 0.25) is 0 Å². The molecule has 1 aromatic heterocycles. The Labute approximate surface area is 133 Å². The van der Waals surface area contributed by atoms with E-state index in [2.05, 4.69) is 22.2 Å². The van der Waals surface area contributed by atoms with Crippen molar-refractivity contribution in [2.75, 3.05) is 11.9 Å². The molecular formula is C16H14ClN3O2. The smallest absolute Gasteiger partial charge is 0.257 e. The van der Waals surface area contributed by atoms with Crippen molar-refractivity contribution in [2.24, 2.45) is 0 Å². The van der Waals surface area contributed by atoms with Crippen LogP contribution in [0.25, 0.3) is 0 Å². The molecule has 0 saturated carbocycles. The molecule has 1 heterocycles. The molecule has 0 fully saturated rings. The monoisotopic (exact) mass is 315 g/mol. The highest BCUT2D eigenvalue weighted by Crippen LogP contribution is 2.21. The number of amides is 2. The summed E-state index contributed by atoms with van der Waals surface area (Å²) in [5, 5.41) is 5.73. The standard InChI is InChI=1S/C16H14ClN3O2/c1-2-7-19-15(21)11-8-12(10-18-9-11)16(22)20-14-6-4-3-5-13(14)17/h2-6,8-10H,1,7H2,(H,19,21)(H,20,22). The number of pyridine rings is 1. The number of para-hydroxylation sites is 1. The van der Waals surface area contributed by atoms with Crippen LogP contribution < -0.4 is 10.6 Å². The van der Waals surface area contributed by atoms with E-state index in [-0.39, 0.29) is 17.4 Å². The Hall–Kier alpha value is -2.66. The van der Waals surface area contributed by atoms with Gasteiger partial charge in [0.1, 0.15) is 0 Å². The third-order valence-corrected chi connectivity index (χ3v) is 3.12. The Balaban J connectivity index is 2.15. The molecule has 0 aliphatic rings. The van der Waals surface area contributed by atoms with Crippen LogP contribution in [0.5, 0.6) is 0 Å². The van der Waals surface area contributed by atoms with Gasteiger partial charge in [-0.15, -0.1) is 6.58 Å². The quantitative estimate of drug-likeness (QED) is 0.833. The Morgan fingerprint density at radius 3 is 2.55 bits per heavy atom. The molecule has 0 radical (unpaired) electrons. The van der Waals surface area contributed by atoms with E-state index in [1.807, 2.05) is 0 Å². The lowest BCUT2D eigenvalue weighted by molar-refractivity contribution is 0.0957. The molecule has 2 rings (SSSR count). The van der Waals surface area contributed by atoms with Gasteiger partial charge in [-0.25, -0.2) is 0 Å². The van der Waals surface area contributed by atoms with Gasteiger partial charge in [0, 0.05) is 18.9 Å². The van der Waals surface area contributed by atoms with Gasteiger partial charge in [-0.3, -0.25) is 14.6 Å². The summed E-state index contributed by atoms with van der Waals surface area (Å²) >= 11 is 5.99. The van der Waals surface area contributed by atoms with Gasteiger partial charge >= 0.3 is 0 Å². The highest BCUT2D eigenvalue weighted by atomic mass is 35.5. The average molecular weight is 316 g/mol. The Morgan fingerprint density at radius 2 is 1.86 bits per heavy atom. The number of carbonyl (C=O) groups is 2. The van der Waals surface area contributed by atoms with Crippen LogP contribution in [0, 0.1) is 0 Å². The summed E-state index contributed by atoms with van der Waals surface area (Å²) in [6.45, 7) is 3.86. The highest BCUT2D eigenvalue weighted by molar-refractivity contribution is 6.33. The fourth-order valence-corrected chi connectivity index (χ4v) is 1.90. The third-order valence-electron chi connectivity index (χ3n) is 2.79. The van der Waals surface area contributed by atoms with Crippen LogP contribution in [-0.4, -0.2) is 23.3 Å². The van der Waals surface area contributed by atoms with E-state index >= 15 is 0 Å². The lowest BCUT2D eigenvalue weighted by atomic mass is 10.2. The maximum Gasteiger partial charge on any atom is 0.257 e. The molecular weight excluding hydrogens is 302 g/mol. The van der Waals surface area contributed by atoms with Gasteiger partial charge in [-0.05, 0) is 18.2 Å². The molecule has 22 heavy (non-hydrogen) atoms. The van der Waals surface area contributed by atoms with Crippen molar-refractivity contribution in [3.63, 3.8) is 0 Å². The summed E-state index contributed by atoms with van der Waals surface area (Å²) in [6, 6.07) is 8.36. The first-order chi connectivity index (χ1) is 10.6. The van der Waals surface area contributed by atoms with E-state index in [0.29, 0.717) is 22.8 Å². The molecule has 5 nitrogen and oxygen atoms in total. The Morgan fingerprint density at radius 1 is 1.18 bits per heavy atom. The first kappa shape index (κ1) is 15.7. The SMILES string of the molecule is C=CCNC(=O)c1cncc(C(=O)Nc2ccccc2Cl)c1. The molecule has 0 saturated heterocycles. The van der Waals surface area contributed by atoms with E-state index < -0.39 is 0 Å². The number of rotatable bonds is 5. The van der Waals surface area contributed by atoms with Crippen LogP contribution in [-0.2, 0) is 0 Å². The Bertz CT molecular complexity index is 716. The average Bonchev–Trinajstić information content (AvgIpc) is 2.54. The highest BCUT2D eigenvalue weighted by Gasteiger charge is 2.12. The first-order valence-electron chi connectivity index (χ1n) is 6.52. The van der Waals surface area contributed by atoms with Crippen molar-refractivity contribution in [1.29, 1.82) is 0 Å². The summed E-state index contributed by atoms with van der Waals surface area (Å²) in [6.07, 6.45) is 4.35. The number of nitrogens with zero attached hydrogens (tertiary/aromatic N) is 1. The zero-order valence-electron chi connectivity index (χ0n) is 11.7. The molecule has 2 aromatic rings. The number of halogens is 1. The van der Waals surface area contributed by atoms with E-state index in [1.54, 1.807) is 30.3 Å². The third kappa shape index (κ3) is 3.93. The van der Waals surface area contributed by atoms with E-state index in [9.17, 15) is 9.59 Å². The number of nitrogens with one attached hydrogen (secondary N) is 2. The summed E-state index contributed by atoms with van der Waals surface area (Å²) in [5.74, 6) is -0.709. The largest absolute Gasteiger partial charge is 0.349 e. The van der Waals surface area contributed by atoms with E-state index in [0.717, 1.165) is 0 Å². The van der Waals surface area contributed by atoms with Crippen LogP contribution >= 0.6 is 11.6 Å². The van der Waals surface area contributed by atoms with Gasteiger partial charge in [-0.2, -0.15) is 0 Å². The van der Waals surface area contributed by atoms with Crippen LogP contribution in [0.4, 0.5) is 5.69 Å². The van der Waals surface area contributed by atoms with Gasteiger partial charge in [-0.1, -0.05) is 29.8 Å². The molecule has 112 valence electrons. The number of hydrogen-bond donors (Lipinski definition) is 2. The molecule has 2 amide bonds. The van der Waals surface area contributed by atoms with Crippen LogP contribution in [0.2, 0.25) is 5.02 Å². The predicted molar refractivity (Wildman–Crippen MR) is 86.2 cm³/mol. The molecule has 0 bridgehead atoms. The molecule has 0 spiro atoms. The topological polar surface area (TPSA) is 71.1 Å². The zero-order chi connectivity index (χ0) is 15.9. The minimum atomic E-state index is -0.390. The predicted octanol–water partition coefficient (Wildman–Crippen LogP) is 2.90. The Kier molecular flexibility index (Phi) is 5.27. The van der Waals surface area contributed by atoms with Gasteiger partial charge in [0.15, 0.2) is 0 Å². The summed E-state index contributed by atoms with van der Waals surface area (Å²) in [4.78, 5) is 28.0. The lowest BCUT2D eigenvalue weighted by Crippen LogP contribution is -2.24. The number of hydrogen-bond acceptors (Lipinski definition) is 3. The van der Waals surface area contributed by atoms with Crippen LogP contribution in [0.1, 0.15) is 20.7 Å². The van der Waals surface area contributed by atoms with Crippen molar-refractivity contribution >= 4 is 29.1 Å². The lowest BCUT2D eigenvalue weighted by Gasteiger charge is -2.08. The molecule has 6 heteroatoms. The van der Waals surface area contributed by atoms with Crippen molar-refractivity contribution in [3.05, 3.63) is 71.5 Å². The molecule has 0 aliphatic carbocycles. The summed E-state index contributed by atoms with van der Waals surface area (Å²) in [5.41, 5.74) is 1.07. The van der Waals surface area contributed by atoms with Crippen LogP contribution in [0.15, 0.2) is 55.4 Å². The number of carbonyl (C=O) groups excluding carboxylic acids is 2. The van der Waals surface area contributed by atoms with Crippen molar-refractivity contribution < 1.29 is 9.59 Å². The zero-order valence-corrected chi connectivity index (χ0v) is 12.4. The van der Waals surface area contributed by atoms with Crippen molar-refractivity contribution in [3.8, 4) is 0 Å². The number of benzene rings is 1. The number of anilines is 1. The van der Waals surface area contributed by atoms with Gasteiger partial charge in [0.05, 0.1) is 21.8 Å². The first-order valence-corrected chi connectivity index (χ1v) is 6.89. The summed E-state index contributed by atoms with van der Waals surface area (Å²) < 4.78 is 0. The van der Waals surface area contributed by atoms with Crippen molar-refractivity contribution in [1.82, 2.24) is 10.3 Å². The second kappa shape index (κ2) is 7.38. The molecule has 0 unspecified atom stereocenters. The van der Waals surface area contributed by atoms with Crippen LogP contribution in [0.3, 0.4) is 0 Å². The maximum atomic E-state index is 12.2. The van der Waals surface area contributed by atoms with Gasteiger partial charge in [0.25, 0.3) is 11.8 Å². The molecule has 0 atom stereocenters. The molecule has 2 N–H and O–H groups in total. The minimum Gasteiger partial charge on any atom is -0.349 e. The fraction of sp³-hybridized carbons (Fsp3) is 0.0625. The molecule has 0 aliphatic heterocycles. The second-order valence-electron chi connectivity index (χ2n) is 4.39. The normalized spacial score (nSPS) is 9.86. The van der Waals surface area contributed by atoms with Crippen molar-refractivity contribution in [2.45, 2.75) is 0 Å². The maximum absolute atomic E-state index is 12.2. The van der Waals surface area contributed by atoms with Gasteiger partial charge < -0.3 is 10.6 Å². The second-order valence-corrected chi connectivity index (χ2v) is 4.80. The fourth-order valence-electron chi connectivity index (χ4n) is 1.71. The number of aromatic nitrogens is 1. The van der Waals surface area contributed by atoms with E-state index in [4.69, 9.17) is 11.6 Å². The summed E-state index contributed by atoms with van der Waals surface area (Å²) in [7, 11) is 0. The minimum absolute atomic E-state index is 0.270. The molecule has 1 aromatic carbocycles.